The van der Waals surface area contributed by atoms with Crippen molar-refractivity contribution in [2.24, 2.45) is 11.7 Å². The zero-order valence-corrected chi connectivity index (χ0v) is 12.8. The molecular weight excluding hydrogens is 244 g/mol. The van der Waals surface area contributed by atoms with Crippen molar-refractivity contribution in [3.63, 3.8) is 0 Å². The van der Waals surface area contributed by atoms with Crippen molar-refractivity contribution in [1.82, 2.24) is 10.2 Å². The summed E-state index contributed by atoms with van der Waals surface area (Å²) in [6.45, 7) is 10.4. The molecule has 0 saturated heterocycles. The average Bonchev–Trinajstić information content (AvgIpc) is 2.29. The van der Waals surface area contributed by atoms with Gasteiger partial charge in [0.2, 0.25) is 0 Å². The van der Waals surface area contributed by atoms with Gasteiger partial charge in [-0.2, -0.15) is 5.10 Å². The SMILES string of the molecule is Cc1nnc(N(C)C(C)C(C)C)c(C(N)=S)c1C. The third-order valence-electron chi connectivity index (χ3n) is 3.59. The van der Waals surface area contributed by atoms with Crippen LogP contribution in [0.1, 0.15) is 37.6 Å². The van der Waals surface area contributed by atoms with Gasteiger partial charge in [-0.1, -0.05) is 26.1 Å². The third kappa shape index (κ3) is 2.77. The lowest BCUT2D eigenvalue weighted by atomic mass is 10.0. The number of thiocarbonyl (C=S) groups is 1. The molecule has 4 nitrogen and oxygen atoms in total. The van der Waals surface area contributed by atoms with E-state index in [-0.39, 0.29) is 0 Å². The van der Waals surface area contributed by atoms with Crippen molar-refractivity contribution in [2.45, 2.75) is 40.7 Å². The molecule has 5 heteroatoms. The molecule has 1 heterocycles. The molecule has 18 heavy (non-hydrogen) atoms. The van der Waals surface area contributed by atoms with E-state index < -0.39 is 0 Å². The van der Waals surface area contributed by atoms with Gasteiger partial charge < -0.3 is 10.6 Å². The molecule has 2 N–H and O–H groups in total. The minimum absolute atomic E-state index is 0.342. The first-order valence-corrected chi connectivity index (χ1v) is 6.54. The van der Waals surface area contributed by atoms with Gasteiger partial charge in [0.05, 0.1) is 11.3 Å². The molecule has 0 aliphatic carbocycles. The standard InChI is InChI=1S/C13H22N4S/c1-7(2)10(5)17(6)13-11(12(14)18)8(3)9(4)15-16-13/h7,10H,1-6H3,(H2,14,18). The molecule has 1 aromatic heterocycles. The number of anilines is 1. The van der Waals surface area contributed by atoms with E-state index in [9.17, 15) is 0 Å². The van der Waals surface area contributed by atoms with E-state index >= 15 is 0 Å². The maximum absolute atomic E-state index is 5.84. The quantitative estimate of drug-likeness (QED) is 0.847. The Labute approximate surface area is 115 Å². The van der Waals surface area contributed by atoms with Crippen molar-refractivity contribution < 1.29 is 0 Å². The molecule has 0 amide bonds. The highest BCUT2D eigenvalue weighted by atomic mass is 32.1. The van der Waals surface area contributed by atoms with Crippen molar-refractivity contribution in [2.75, 3.05) is 11.9 Å². The summed E-state index contributed by atoms with van der Waals surface area (Å²) >= 11 is 5.15. The summed E-state index contributed by atoms with van der Waals surface area (Å²) in [4.78, 5) is 2.47. The average molecular weight is 266 g/mol. The first-order chi connectivity index (χ1) is 8.27. The van der Waals surface area contributed by atoms with Gasteiger partial charge in [-0.3, -0.25) is 0 Å². The molecule has 1 unspecified atom stereocenters. The predicted molar refractivity (Wildman–Crippen MR) is 80.1 cm³/mol. The van der Waals surface area contributed by atoms with Gasteiger partial charge >= 0.3 is 0 Å². The molecule has 1 atom stereocenters. The molecule has 0 aliphatic heterocycles. The number of aromatic nitrogens is 2. The van der Waals surface area contributed by atoms with Crippen molar-refractivity contribution >= 4 is 23.0 Å². The lowest BCUT2D eigenvalue weighted by molar-refractivity contribution is 0.501. The van der Waals surface area contributed by atoms with Gasteiger partial charge in [-0.15, -0.1) is 5.10 Å². The first kappa shape index (κ1) is 14.8. The molecule has 0 saturated carbocycles. The number of hydrogen-bond acceptors (Lipinski definition) is 4. The van der Waals surface area contributed by atoms with E-state index in [1.54, 1.807) is 0 Å². The monoisotopic (exact) mass is 266 g/mol. The van der Waals surface area contributed by atoms with Gasteiger partial charge in [-0.25, -0.2) is 0 Å². The van der Waals surface area contributed by atoms with E-state index in [1.165, 1.54) is 0 Å². The largest absolute Gasteiger partial charge is 0.389 e. The van der Waals surface area contributed by atoms with Crippen LogP contribution >= 0.6 is 12.2 Å². The minimum Gasteiger partial charge on any atom is -0.389 e. The highest BCUT2D eigenvalue weighted by Gasteiger charge is 2.21. The van der Waals surface area contributed by atoms with Crippen LogP contribution in [0.5, 0.6) is 0 Å². The number of nitrogens with two attached hydrogens (primary N) is 1. The van der Waals surface area contributed by atoms with Crippen LogP contribution in [0.2, 0.25) is 0 Å². The van der Waals surface area contributed by atoms with Crippen LogP contribution in [0.4, 0.5) is 5.82 Å². The fraction of sp³-hybridized carbons (Fsp3) is 0.615. The first-order valence-electron chi connectivity index (χ1n) is 6.13. The normalized spacial score (nSPS) is 12.6. The van der Waals surface area contributed by atoms with E-state index in [0.717, 1.165) is 22.6 Å². The smallest absolute Gasteiger partial charge is 0.161 e. The second kappa shape index (κ2) is 5.61. The summed E-state index contributed by atoms with van der Waals surface area (Å²) < 4.78 is 0. The van der Waals surface area contributed by atoms with Crippen LogP contribution in [0.3, 0.4) is 0 Å². The summed E-state index contributed by atoms with van der Waals surface area (Å²) in [7, 11) is 2.01. The Hall–Kier alpha value is -1.23. The second-order valence-electron chi connectivity index (χ2n) is 5.07. The molecule has 100 valence electrons. The van der Waals surface area contributed by atoms with E-state index in [2.05, 4.69) is 35.9 Å². The van der Waals surface area contributed by atoms with Gasteiger partial charge in [0, 0.05) is 13.1 Å². The number of nitrogens with zero attached hydrogens (tertiary/aromatic N) is 3. The zero-order valence-electron chi connectivity index (χ0n) is 12.0. The van der Waals surface area contributed by atoms with Gasteiger partial charge in [0.15, 0.2) is 5.82 Å². The predicted octanol–water partition coefficient (Wildman–Crippen LogP) is 2.21. The number of hydrogen-bond donors (Lipinski definition) is 1. The summed E-state index contributed by atoms with van der Waals surface area (Å²) in [6.07, 6.45) is 0. The van der Waals surface area contributed by atoms with Crippen LogP contribution in [0.25, 0.3) is 0 Å². The van der Waals surface area contributed by atoms with Crippen molar-refractivity contribution in [1.29, 1.82) is 0 Å². The molecule has 0 aromatic carbocycles. The van der Waals surface area contributed by atoms with Gasteiger partial charge in [0.25, 0.3) is 0 Å². The highest BCUT2D eigenvalue weighted by Crippen LogP contribution is 2.24. The Morgan fingerprint density at radius 1 is 1.22 bits per heavy atom. The Morgan fingerprint density at radius 3 is 2.22 bits per heavy atom. The van der Waals surface area contributed by atoms with Crippen LogP contribution in [-0.2, 0) is 0 Å². The third-order valence-corrected chi connectivity index (χ3v) is 3.80. The van der Waals surface area contributed by atoms with E-state index in [1.807, 2.05) is 20.9 Å². The molecule has 0 bridgehead atoms. The maximum Gasteiger partial charge on any atom is 0.161 e. The Morgan fingerprint density at radius 2 is 1.78 bits per heavy atom. The van der Waals surface area contributed by atoms with E-state index in [4.69, 9.17) is 18.0 Å². The molecule has 1 rings (SSSR count). The van der Waals surface area contributed by atoms with Crippen LogP contribution in [0.15, 0.2) is 0 Å². The van der Waals surface area contributed by atoms with Crippen LogP contribution in [0, 0.1) is 19.8 Å². The lowest BCUT2D eigenvalue weighted by Crippen LogP contribution is -2.36. The van der Waals surface area contributed by atoms with Crippen LogP contribution < -0.4 is 10.6 Å². The Kier molecular flexibility index (Phi) is 4.62. The van der Waals surface area contributed by atoms with Crippen LogP contribution in [-0.4, -0.2) is 28.3 Å². The molecule has 0 fully saturated rings. The molecule has 0 aliphatic rings. The molecule has 1 aromatic rings. The maximum atomic E-state index is 5.84. The zero-order chi connectivity index (χ0) is 14.0. The fourth-order valence-electron chi connectivity index (χ4n) is 1.78. The number of aryl methyl sites for hydroxylation is 1. The van der Waals surface area contributed by atoms with Crippen molar-refractivity contribution in [3.05, 3.63) is 16.8 Å². The van der Waals surface area contributed by atoms with E-state index in [0.29, 0.717) is 16.9 Å². The molecular formula is C13H22N4S. The van der Waals surface area contributed by atoms with Gasteiger partial charge in [0.1, 0.15) is 4.99 Å². The lowest BCUT2D eigenvalue weighted by Gasteiger charge is -2.30. The number of rotatable bonds is 4. The minimum atomic E-state index is 0.342. The molecule has 0 spiro atoms. The summed E-state index contributed by atoms with van der Waals surface area (Å²) in [5.74, 6) is 1.28. The summed E-state index contributed by atoms with van der Waals surface area (Å²) in [5.41, 5.74) is 8.55. The topological polar surface area (TPSA) is 55.0 Å². The molecule has 0 radical (unpaired) electrons. The highest BCUT2D eigenvalue weighted by molar-refractivity contribution is 7.80. The summed E-state index contributed by atoms with van der Waals surface area (Å²) in [5, 5.41) is 8.45. The van der Waals surface area contributed by atoms with Gasteiger partial charge in [-0.05, 0) is 32.3 Å². The summed E-state index contributed by atoms with van der Waals surface area (Å²) in [6, 6.07) is 0.342. The Bertz CT molecular complexity index is 457. The van der Waals surface area contributed by atoms with Crippen molar-refractivity contribution in [3.8, 4) is 0 Å². The Balaban J connectivity index is 3.33. The second-order valence-corrected chi connectivity index (χ2v) is 5.51. The fourth-order valence-corrected chi connectivity index (χ4v) is 2.02.